The predicted octanol–water partition coefficient (Wildman–Crippen LogP) is 2.35. The largest absolute Gasteiger partial charge is 0.369 e. The van der Waals surface area contributed by atoms with Crippen molar-refractivity contribution in [2.24, 2.45) is 0 Å². The van der Waals surface area contributed by atoms with Gasteiger partial charge >= 0.3 is 0 Å². The molecule has 2 heterocycles. The van der Waals surface area contributed by atoms with Gasteiger partial charge in [-0.25, -0.2) is 4.39 Å². The topological polar surface area (TPSA) is 26.8 Å². The molecule has 0 radical (unpaired) electrons. The van der Waals surface area contributed by atoms with E-state index >= 15 is 0 Å². The zero-order valence-electron chi connectivity index (χ0n) is 13.9. The maximum absolute atomic E-state index is 13.0. The minimum absolute atomic E-state index is 0.193. The summed E-state index contributed by atoms with van der Waals surface area (Å²) < 4.78 is 13.0. The lowest BCUT2D eigenvalue weighted by molar-refractivity contribution is -0.132. The Balaban J connectivity index is 1.42. The first-order chi connectivity index (χ1) is 11.1. The van der Waals surface area contributed by atoms with Crippen molar-refractivity contribution in [2.75, 3.05) is 44.2 Å². The van der Waals surface area contributed by atoms with Crippen LogP contribution in [-0.2, 0) is 4.79 Å². The first kappa shape index (κ1) is 16.2. The zero-order valence-corrected chi connectivity index (χ0v) is 13.9. The van der Waals surface area contributed by atoms with Crippen molar-refractivity contribution >= 4 is 11.6 Å². The second-order valence-electron chi connectivity index (χ2n) is 6.63. The van der Waals surface area contributed by atoms with Crippen LogP contribution < -0.4 is 4.90 Å². The maximum atomic E-state index is 13.0. The van der Waals surface area contributed by atoms with Gasteiger partial charge in [0.2, 0.25) is 5.91 Å². The quantitative estimate of drug-likeness (QED) is 0.852. The fraction of sp³-hybridized carbons (Fsp3) is 0.611. The molecule has 0 saturated carbocycles. The van der Waals surface area contributed by atoms with Crippen molar-refractivity contribution in [3.8, 4) is 0 Å². The molecule has 1 aromatic carbocycles. The molecular weight excluding hydrogens is 293 g/mol. The predicted molar refractivity (Wildman–Crippen MR) is 90.1 cm³/mol. The van der Waals surface area contributed by atoms with Crippen LogP contribution in [0.25, 0.3) is 0 Å². The standard InChI is InChI=1S/C18H26FN3O/c1-15-3-2-9-22(15)18(23)8-10-20-11-13-21(14-12-20)17-6-4-16(19)5-7-17/h4-7,15H,2-3,8-14H2,1H3/t15-/m1/s1. The number of carbonyl (C=O) groups excluding carboxylic acids is 1. The Morgan fingerprint density at radius 3 is 2.43 bits per heavy atom. The summed E-state index contributed by atoms with van der Waals surface area (Å²) in [7, 11) is 0. The lowest BCUT2D eigenvalue weighted by Gasteiger charge is -2.36. The summed E-state index contributed by atoms with van der Waals surface area (Å²) in [5.74, 6) is 0.109. The van der Waals surface area contributed by atoms with Gasteiger partial charge in [-0.3, -0.25) is 9.69 Å². The first-order valence-electron chi connectivity index (χ1n) is 8.66. The van der Waals surface area contributed by atoms with Gasteiger partial charge in [-0.1, -0.05) is 0 Å². The zero-order chi connectivity index (χ0) is 16.2. The Labute approximate surface area is 137 Å². The fourth-order valence-electron chi connectivity index (χ4n) is 3.58. The summed E-state index contributed by atoms with van der Waals surface area (Å²) in [4.78, 5) is 18.9. The number of anilines is 1. The molecule has 0 spiro atoms. The van der Waals surface area contributed by atoms with E-state index in [1.807, 2.05) is 17.0 Å². The number of piperazine rings is 1. The fourth-order valence-corrected chi connectivity index (χ4v) is 3.58. The lowest BCUT2D eigenvalue weighted by Crippen LogP contribution is -2.47. The molecule has 126 valence electrons. The molecule has 1 aromatic rings. The minimum Gasteiger partial charge on any atom is -0.369 e. The normalized spacial score (nSPS) is 22.6. The molecule has 4 nitrogen and oxygen atoms in total. The van der Waals surface area contributed by atoms with Crippen molar-refractivity contribution in [3.63, 3.8) is 0 Å². The van der Waals surface area contributed by atoms with Crippen LogP contribution in [0.15, 0.2) is 24.3 Å². The Bertz CT molecular complexity index is 526. The highest BCUT2D eigenvalue weighted by atomic mass is 19.1. The summed E-state index contributed by atoms with van der Waals surface area (Å²) in [6, 6.07) is 7.11. The molecule has 0 unspecified atom stereocenters. The number of benzene rings is 1. The van der Waals surface area contributed by atoms with Gasteiger partial charge in [-0.05, 0) is 44.0 Å². The number of rotatable bonds is 4. The number of halogens is 1. The molecule has 23 heavy (non-hydrogen) atoms. The Morgan fingerprint density at radius 1 is 1.13 bits per heavy atom. The summed E-state index contributed by atoms with van der Waals surface area (Å²) in [6.45, 7) is 7.70. The third-order valence-electron chi connectivity index (χ3n) is 5.08. The molecule has 1 atom stereocenters. The van der Waals surface area contributed by atoms with Crippen LogP contribution in [0.4, 0.5) is 10.1 Å². The highest BCUT2D eigenvalue weighted by Crippen LogP contribution is 2.19. The number of carbonyl (C=O) groups is 1. The van der Waals surface area contributed by atoms with Crippen molar-refractivity contribution < 1.29 is 9.18 Å². The van der Waals surface area contributed by atoms with E-state index in [0.717, 1.165) is 57.8 Å². The van der Waals surface area contributed by atoms with E-state index in [1.165, 1.54) is 12.1 Å². The van der Waals surface area contributed by atoms with Gasteiger partial charge in [0.25, 0.3) is 0 Å². The van der Waals surface area contributed by atoms with E-state index in [2.05, 4.69) is 16.7 Å². The van der Waals surface area contributed by atoms with Gasteiger partial charge in [0.15, 0.2) is 0 Å². The molecule has 2 aliphatic heterocycles. The van der Waals surface area contributed by atoms with Gasteiger partial charge < -0.3 is 9.80 Å². The monoisotopic (exact) mass is 319 g/mol. The Hall–Kier alpha value is -1.62. The van der Waals surface area contributed by atoms with Gasteiger partial charge in [-0.2, -0.15) is 0 Å². The summed E-state index contributed by atoms with van der Waals surface area (Å²) >= 11 is 0. The lowest BCUT2D eigenvalue weighted by atomic mass is 10.2. The van der Waals surface area contributed by atoms with Crippen LogP contribution in [0.1, 0.15) is 26.2 Å². The van der Waals surface area contributed by atoms with Crippen LogP contribution in [0.2, 0.25) is 0 Å². The van der Waals surface area contributed by atoms with E-state index in [4.69, 9.17) is 0 Å². The highest BCUT2D eigenvalue weighted by molar-refractivity contribution is 5.77. The van der Waals surface area contributed by atoms with Gasteiger partial charge in [0.1, 0.15) is 5.82 Å². The number of hydrogen-bond acceptors (Lipinski definition) is 3. The third kappa shape index (κ3) is 4.02. The Kier molecular flexibility index (Phi) is 5.16. The van der Waals surface area contributed by atoms with E-state index < -0.39 is 0 Å². The highest BCUT2D eigenvalue weighted by Gasteiger charge is 2.25. The van der Waals surface area contributed by atoms with Crippen molar-refractivity contribution in [2.45, 2.75) is 32.2 Å². The van der Waals surface area contributed by atoms with Crippen LogP contribution >= 0.6 is 0 Å². The van der Waals surface area contributed by atoms with Crippen molar-refractivity contribution in [1.82, 2.24) is 9.80 Å². The maximum Gasteiger partial charge on any atom is 0.224 e. The molecule has 0 aliphatic carbocycles. The van der Waals surface area contributed by atoms with Crippen LogP contribution in [0, 0.1) is 5.82 Å². The van der Waals surface area contributed by atoms with Crippen LogP contribution in [0.3, 0.4) is 0 Å². The molecular formula is C18H26FN3O. The van der Waals surface area contributed by atoms with Gasteiger partial charge in [0, 0.05) is 57.4 Å². The van der Waals surface area contributed by atoms with Crippen molar-refractivity contribution in [1.29, 1.82) is 0 Å². The number of nitrogens with zero attached hydrogens (tertiary/aromatic N) is 3. The summed E-state index contributed by atoms with van der Waals surface area (Å²) in [5, 5.41) is 0. The third-order valence-corrected chi connectivity index (χ3v) is 5.08. The van der Waals surface area contributed by atoms with E-state index in [0.29, 0.717) is 18.4 Å². The minimum atomic E-state index is -0.193. The molecule has 2 saturated heterocycles. The average Bonchev–Trinajstić information content (AvgIpc) is 3.00. The van der Waals surface area contributed by atoms with E-state index in [-0.39, 0.29) is 5.82 Å². The molecule has 0 bridgehead atoms. The molecule has 0 aromatic heterocycles. The smallest absolute Gasteiger partial charge is 0.224 e. The van der Waals surface area contributed by atoms with Crippen molar-refractivity contribution in [3.05, 3.63) is 30.1 Å². The van der Waals surface area contributed by atoms with E-state index in [1.54, 1.807) is 0 Å². The SMILES string of the molecule is C[C@@H]1CCCN1C(=O)CCN1CCN(c2ccc(F)cc2)CC1. The second-order valence-corrected chi connectivity index (χ2v) is 6.63. The molecule has 0 N–H and O–H groups in total. The van der Waals surface area contributed by atoms with Gasteiger partial charge in [0.05, 0.1) is 0 Å². The molecule has 2 aliphatic rings. The summed E-state index contributed by atoms with van der Waals surface area (Å²) in [6.07, 6.45) is 2.91. The number of amides is 1. The number of hydrogen-bond donors (Lipinski definition) is 0. The molecule has 2 fully saturated rings. The van der Waals surface area contributed by atoms with Crippen LogP contribution in [0.5, 0.6) is 0 Å². The number of likely N-dealkylation sites (tertiary alicyclic amines) is 1. The summed E-state index contributed by atoms with van der Waals surface area (Å²) in [5.41, 5.74) is 1.08. The molecule has 1 amide bonds. The second kappa shape index (κ2) is 7.30. The van der Waals surface area contributed by atoms with Gasteiger partial charge in [-0.15, -0.1) is 0 Å². The molecule has 3 rings (SSSR count). The molecule has 5 heteroatoms. The first-order valence-corrected chi connectivity index (χ1v) is 8.66. The average molecular weight is 319 g/mol. The van der Waals surface area contributed by atoms with Crippen LogP contribution in [-0.4, -0.2) is 61.0 Å². The Morgan fingerprint density at radius 2 is 1.83 bits per heavy atom. The van der Waals surface area contributed by atoms with E-state index in [9.17, 15) is 9.18 Å².